The van der Waals surface area contributed by atoms with Crippen LogP contribution >= 0.6 is 0 Å². The molecule has 2 atom stereocenters. The van der Waals surface area contributed by atoms with E-state index in [4.69, 9.17) is 14.2 Å². The minimum atomic E-state index is -0.891. The van der Waals surface area contributed by atoms with Gasteiger partial charge in [0.1, 0.15) is 0 Å². The van der Waals surface area contributed by atoms with E-state index in [9.17, 15) is 15.0 Å². The molecule has 162 valence electrons. The Morgan fingerprint density at radius 3 is 2.86 bits per heavy atom. The number of carbonyl (C=O) groups is 1. The molecular weight excluding hydrogens is 376 g/mol. The quantitative estimate of drug-likeness (QED) is 0.575. The number of benzene rings is 1. The van der Waals surface area contributed by atoms with Gasteiger partial charge in [-0.25, -0.2) is 4.79 Å². The van der Waals surface area contributed by atoms with E-state index in [-0.39, 0.29) is 17.9 Å². The zero-order chi connectivity index (χ0) is 20.8. The highest BCUT2D eigenvalue weighted by atomic mass is 16.5. The molecule has 1 saturated heterocycles. The second-order valence-electron chi connectivity index (χ2n) is 7.75. The lowest BCUT2D eigenvalue weighted by Gasteiger charge is -2.37. The van der Waals surface area contributed by atoms with Crippen molar-refractivity contribution in [2.75, 3.05) is 46.6 Å². The molecule has 8 nitrogen and oxygen atoms in total. The fourth-order valence-electron chi connectivity index (χ4n) is 3.75. The van der Waals surface area contributed by atoms with E-state index in [0.717, 1.165) is 24.8 Å². The second-order valence-corrected chi connectivity index (χ2v) is 7.75. The molecule has 1 aromatic rings. The molecular formula is C21H32N2O6. The highest BCUT2D eigenvalue weighted by Crippen LogP contribution is 2.37. The molecule has 2 N–H and O–H groups in total. The number of nitrogens with zero attached hydrogens (tertiary/aromatic N) is 2. The van der Waals surface area contributed by atoms with Gasteiger partial charge >= 0.3 is 6.09 Å². The lowest BCUT2D eigenvalue weighted by Crippen LogP contribution is -2.50. The molecule has 1 amide bonds. The van der Waals surface area contributed by atoms with Crippen molar-refractivity contribution in [1.29, 1.82) is 0 Å². The first-order valence-corrected chi connectivity index (χ1v) is 10.3. The summed E-state index contributed by atoms with van der Waals surface area (Å²) in [5, 5.41) is 19.4. The summed E-state index contributed by atoms with van der Waals surface area (Å²) in [6, 6.07) is 6.07. The van der Waals surface area contributed by atoms with Crippen LogP contribution in [0.15, 0.2) is 18.2 Å². The average Bonchev–Trinajstić information content (AvgIpc) is 3.55. The van der Waals surface area contributed by atoms with Crippen molar-refractivity contribution in [2.45, 2.75) is 44.4 Å². The topological polar surface area (TPSA) is 91.7 Å². The number of aromatic hydroxyl groups is 1. The largest absolute Gasteiger partial charge is 0.504 e. The van der Waals surface area contributed by atoms with Crippen molar-refractivity contribution in [3.63, 3.8) is 0 Å². The molecule has 2 fully saturated rings. The van der Waals surface area contributed by atoms with Crippen molar-refractivity contribution in [3.05, 3.63) is 23.8 Å². The molecule has 3 rings (SSSR count). The fourth-order valence-corrected chi connectivity index (χ4v) is 3.75. The van der Waals surface area contributed by atoms with Crippen LogP contribution in [0.1, 0.15) is 37.8 Å². The highest BCUT2D eigenvalue weighted by molar-refractivity contribution is 5.65. The van der Waals surface area contributed by atoms with Crippen LogP contribution in [0.3, 0.4) is 0 Å². The third kappa shape index (κ3) is 5.98. The van der Waals surface area contributed by atoms with Gasteiger partial charge in [0.25, 0.3) is 0 Å². The third-order valence-corrected chi connectivity index (χ3v) is 5.55. The summed E-state index contributed by atoms with van der Waals surface area (Å²) in [5.41, 5.74) is 1.06. The molecule has 1 saturated carbocycles. The molecule has 0 unspecified atom stereocenters. The van der Waals surface area contributed by atoms with E-state index in [2.05, 4.69) is 11.8 Å². The van der Waals surface area contributed by atoms with E-state index in [1.165, 1.54) is 4.90 Å². The van der Waals surface area contributed by atoms with E-state index >= 15 is 0 Å². The average molecular weight is 408 g/mol. The normalized spacial score (nSPS) is 20.7. The first-order chi connectivity index (χ1) is 14.0. The minimum absolute atomic E-state index is 0.105. The number of phenolic OH excluding ortho intramolecular Hbond substituents is 1. The Hall–Kier alpha value is -2.03. The Kier molecular flexibility index (Phi) is 7.57. The van der Waals surface area contributed by atoms with Crippen molar-refractivity contribution in [3.8, 4) is 11.5 Å². The van der Waals surface area contributed by atoms with Crippen LogP contribution < -0.4 is 4.74 Å². The number of ether oxygens (including phenoxy) is 3. The van der Waals surface area contributed by atoms with Gasteiger partial charge in [0, 0.05) is 45.3 Å². The number of hydrogen-bond acceptors (Lipinski definition) is 6. The molecule has 0 aromatic heterocycles. The van der Waals surface area contributed by atoms with Gasteiger partial charge < -0.3 is 29.3 Å². The predicted molar refractivity (Wildman–Crippen MR) is 108 cm³/mol. The number of methoxy groups -OCH3 is 1. The molecule has 1 heterocycles. The van der Waals surface area contributed by atoms with Crippen LogP contribution in [-0.4, -0.2) is 84.8 Å². The van der Waals surface area contributed by atoms with Gasteiger partial charge in [0.05, 0.1) is 25.9 Å². The summed E-state index contributed by atoms with van der Waals surface area (Å²) in [6.45, 7) is 5.16. The fraction of sp³-hybridized carbons (Fsp3) is 0.667. The summed E-state index contributed by atoms with van der Waals surface area (Å²) in [5.74, 6) is 0.608. The van der Waals surface area contributed by atoms with E-state index in [1.807, 2.05) is 12.1 Å². The first-order valence-electron chi connectivity index (χ1n) is 10.3. The van der Waals surface area contributed by atoms with Crippen LogP contribution in [0.25, 0.3) is 0 Å². The highest BCUT2D eigenvalue weighted by Gasteiger charge is 2.36. The van der Waals surface area contributed by atoms with Crippen LogP contribution in [0, 0.1) is 0 Å². The molecule has 29 heavy (non-hydrogen) atoms. The van der Waals surface area contributed by atoms with Crippen LogP contribution in [-0.2, 0) is 9.47 Å². The lowest BCUT2D eigenvalue weighted by molar-refractivity contribution is -0.0430. The van der Waals surface area contributed by atoms with Crippen LogP contribution in [0.4, 0.5) is 4.79 Å². The molecule has 1 aliphatic carbocycles. The molecule has 2 aliphatic rings. The maximum Gasteiger partial charge on any atom is 0.407 e. The SMILES string of the molecule is COCCCOc1cc([C@@H](C)N(C[C@@H]2CN(C(=O)O)CCO2)C2CC2)ccc1O. The number of carboxylic acid groups (broad SMARTS) is 1. The number of amides is 1. The predicted octanol–water partition coefficient (Wildman–Crippen LogP) is 2.71. The zero-order valence-corrected chi connectivity index (χ0v) is 17.2. The molecule has 0 spiro atoms. The van der Waals surface area contributed by atoms with Crippen molar-refractivity contribution < 1.29 is 29.2 Å². The molecule has 8 heteroatoms. The van der Waals surface area contributed by atoms with Gasteiger partial charge in [0.2, 0.25) is 0 Å². The third-order valence-electron chi connectivity index (χ3n) is 5.55. The van der Waals surface area contributed by atoms with E-state index < -0.39 is 6.09 Å². The van der Waals surface area contributed by atoms with Gasteiger partial charge in [-0.15, -0.1) is 0 Å². The summed E-state index contributed by atoms with van der Waals surface area (Å²) >= 11 is 0. The van der Waals surface area contributed by atoms with Crippen molar-refractivity contribution >= 4 is 6.09 Å². The Morgan fingerprint density at radius 2 is 2.17 bits per heavy atom. The van der Waals surface area contributed by atoms with Crippen molar-refractivity contribution in [2.24, 2.45) is 0 Å². The molecule has 0 radical (unpaired) electrons. The van der Waals surface area contributed by atoms with Gasteiger partial charge in [-0.3, -0.25) is 4.90 Å². The number of phenols is 1. The summed E-state index contributed by atoms with van der Waals surface area (Å²) < 4.78 is 16.6. The zero-order valence-electron chi connectivity index (χ0n) is 17.2. The van der Waals surface area contributed by atoms with Crippen LogP contribution in [0.2, 0.25) is 0 Å². The summed E-state index contributed by atoms with van der Waals surface area (Å²) in [6.07, 6.45) is 2.00. The van der Waals surface area contributed by atoms with Gasteiger partial charge in [-0.2, -0.15) is 0 Å². The smallest absolute Gasteiger partial charge is 0.407 e. The lowest BCUT2D eigenvalue weighted by atomic mass is 10.0. The molecule has 0 bridgehead atoms. The standard InChI is InChI=1S/C21H32N2O6/c1-15(16-4-7-19(24)20(12-16)29-10-3-9-27-2)23(17-5-6-17)14-18-13-22(21(25)26)8-11-28-18/h4,7,12,15,17-18,24H,3,5-6,8-11,13-14H2,1-2H3,(H,25,26)/t15-,18+/m1/s1. The Labute approximate surface area is 172 Å². The maximum absolute atomic E-state index is 11.3. The number of hydrogen-bond donors (Lipinski definition) is 2. The van der Waals surface area contributed by atoms with Gasteiger partial charge in [0.15, 0.2) is 11.5 Å². The van der Waals surface area contributed by atoms with Gasteiger partial charge in [-0.1, -0.05) is 6.07 Å². The molecule has 1 aliphatic heterocycles. The Bertz CT molecular complexity index is 681. The monoisotopic (exact) mass is 408 g/mol. The number of morpholine rings is 1. The maximum atomic E-state index is 11.3. The minimum Gasteiger partial charge on any atom is -0.504 e. The summed E-state index contributed by atoms with van der Waals surface area (Å²) in [7, 11) is 1.65. The van der Waals surface area contributed by atoms with E-state index in [0.29, 0.717) is 51.2 Å². The Balaban J connectivity index is 1.66. The second kappa shape index (κ2) is 10.1. The first kappa shape index (κ1) is 21.7. The Morgan fingerprint density at radius 1 is 1.38 bits per heavy atom. The molecule has 1 aromatic carbocycles. The van der Waals surface area contributed by atoms with Crippen LogP contribution in [0.5, 0.6) is 11.5 Å². The number of rotatable bonds is 10. The van der Waals surface area contributed by atoms with Gasteiger partial charge in [-0.05, 0) is 37.5 Å². The summed E-state index contributed by atoms with van der Waals surface area (Å²) in [4.78, 5) is 15.1. The van der Waals surface area contributed by atoms with Crippen molar-refractivity contribution in [1.82, 2.24) is 9.80 Å². The van der Waals surface area contributed by atoms with E-state index in [1.54, 1.807) is 13.2 Å².